The molecular weight excluding hydrogens is 251 g/mol. The minimum absolute atomic E-state index is 0. The zero-order chi connectivity index (χ0) is 6.54. The predicted molar refractivity (Wildman–Crippen MR) is 54.6 cm³/mol. The van der Waals surface area contributed by atoms with E-state index in [4.69, 9.17) is 5.84 Å². The largest absolute Gasteiger partial charge is 0.271 e. The van der Waals surface area contributed by atoms with E-state index in [9.17, 15) is 0 Å². The van der Waals surface area contributed by atoms with Gasteiger partial charge in [0, 0.05) is 10.9 Å². The Balaban J connectivity index is 0.000000500. The first-order valence-electron chi connectivity index (χ1n) is 3.28. The first kappa shape index (κ1) is 12.0. The second-order valence-electron chi connectivity index (χ2n) is 3.59. The minimum atomic E-state index is 0. The van der Waals surface area contributed by atoms with Crippen molar-refractivity contribution in [3.63, 3.8) is 0 Å². The van der Waals surface area contributed by atoms with E-state index in [1.165, 1.54) is 19.3 Å². The van der Waals surface area contributed by atoms with E-state index in [1.807, 2.05) is 0 Å². The second-order valence-corrected chi connectivity index (χ2v) is 4.15. The normalized spacial score (nSPS) is 44.2. The summed E-state index contributed by atoms with van der Waals surface area (Å²) in [5.74, 6) is 5.35. The molecule has 3 rings (SSSR count). The van der Waals surface area contributed by atoms with E-state index in [0.29, 0.717) is 11.0 Å². The van der Waals surface area contributed by atoms with Crippen molar-refractivity contribution in [3.05, 3.63) is 0 Å². The predicted octanol–water partition coefficient (Wildman–Crippen LogP) is 1.61. The average molecular weight is 264 g/mol. The van der Waals surface area contributed by atoms with Crippen molar-refractivity contribution < 1.29 is 0 Å². The summed E-state index contributed by atoms with van der Waals surface area (Å²) < 4.78 is 0. The molecule has 0 atom stereocenters. The molecule has 11 heavy (non-hydrogen) atoms. The van der Waals surface area contributed by atoms with Gasteiger partial charge in [-0.1, -0.05) is 15.9 Å². The molecule has 0 radical (unpaired) electrons. The van der Waals surface area contributed by atoms with Crippen LogP contribution >= 0.6 is 40.7 Å². The summed E-state index contributed by atoms with van der Waals surface area (Å²) in [6.45, 7) is 0. The molecule has 3 aliphatic rings. The van der Waals surface area contributed by atoms with E-state index < -0.39 is 0 Å². The number of nitrogens with one attached hydrogen (secondary N) is 1. The van der Waals surface area contributed by atoms with E-state index in [0.717, 1.165) is 5.33 Å². The number of rotatable bonds is 2. The average Bonchev–Trinajstić information content (AvgIpc) is 1.62. The maximum absolute atomic E-state index is 5.35. The molecule has 0 aromatic heterocycles. The SMILES string of the molecule is Cl.Cl.NNC12CC(CBr)(C1)C2. The molecule has 3 fully saturated rings. The molecule has 0 unspecified atom stereocenters. The third kappa shape index (κ3) is 1.42. The molecule has 68 valence electrons. The Labute approximate surface area is 87.6 Å². The summed E-state index contributed by atoms with van der Waals surface area (Å²) in [5.41, 5.74) is 3.90. The molecule has 0 aliphatic heterocycles. The second kappa shape index (κ2) is 3.38. The van der Waals surface area contributed by atoms with Crippen LogP contribution in [0.3, 0.4) is 0 Å². The third-order valence-electron chi connectivity index (χ3n) is 2.73. The summed E-state index contributed by atoms with van der Waals surface area (Å²) in [4.78, 5) is 0. The Morgan fingerprint density at radius 3 is 2.00 bits per heavy atom. The summed E-state index contributed by atoms with van der Waals surface area (Å²) in [6, 6.07) is 0. The molecule has 0 spiro atoms. The van der Waals surface area contributed by atoms with Crippen LogP contribution < -0.4 is 11.3 Å². The van der Waals surface area contributed by atoms with Crippen molar-refractivity contribution in [1.29, 1.82) is 0 Å². The van der Waals surface area contributed by atoms with Crippen molar-refractivity contribution in [2.45, 2.75) is 24.8 Å². The molecule has 3 N–H and O–H groups in total. The van der Waals surface area contributed by atoms with Gasteiger partial charge in [0.1, 0.15) is 0 Å². The molecular formula is C6H13BrCl2N2. The van der Waals surface area contributed by atoms with Crippen LogP contribution in [0.15, 0.2) is 0 Å². The van der Waals surface area contributed by atoms with Crippen LogP contribution in [0.2, 0.25) is 0 Å². The smallest absolute Gasteiger partial charge is 0.0338 e. The Kier molecular flexibility index (Phi) is 3.68. The highest BCUT2D eigenvalue weighted by Crippen LogP contribution is 2.67. The van der Waals surface area contributed by atoms with Gasteiger partial charge in [-0.2, -0.15) is 0 Å². The van der Waals surface area contributed by atoms with Crippen molar-refractivity contribution in [2.75, 3.05) is 5.33 Å². The zero-order valence-corrected chi connectivity index (χ0v) is 9.32. The van der Waals surface area contributed by atoms with Crippen LogP contribution in [0.25, 0.3) is 0 Å². The molecule has 0 heterocycles. The van der Waals surface area contributed by atoms with E-state index in [1.54, 1.807) is 0 Å². The number of hydrazine groups is 1. The molecule has 0 aromatic carbocycles. The van der Waals surface area contributed by atoms with Gasteiger partial charge in [0.05, 0.1) is 0 Å². The van der Waals surface area contributed by atoms with Gasteiger partial charge in [0.2, 0.25) is 0 Å². The van der Waals surface area contributed by atoms with Gasteiger partial charge in [-0.15, -0.1) is 24.8 Å². The van der Waals surface area contributed by atoms with Crippen molar-refractivity contribution in [3.8, 4) is 0 Å². The van der Waals surface area contributed by atoms with Crippen LogP contribution in [-0.4, -0.2) is 10.9 Å². The molecule has 3 saturated carbocycles. The van der Waals surface area contributed by atoms with Crippen molar-refractivity contribution in [1.82, 2.24) is 5.43 Å². The van der Waals surface area contributed by atoms with Crippen LogP contribution in [0, 0.1) is 5.41 Å². The number of hydrogen-bond donors (Lipinski definition) is 2. The Morgan fingerprint density at radius 2 is 1.73 bits per heavy atom. The highest BCUT2D eigenvalue weighted by molar-refractivity contribution is 9.09. The standard InChI is InChI=1S/C6H11BrN2.2ClH/c7-4-5-1-6(2-5,3-5)9-8;;/h9H,1-4,8H2;2*1H. The number of hydrogen-bond acceptors (Lipinski definition) is 2. The van der Waals surface area contributed by atoms with Crippen molar-refractivity contribution in [2.24, 2.45) is 11.3 Å². The maximum Gasteiger partial charge on any atom is 0.0338 e. The van der Waals surface area contributed by atoms with Gasteiger partial charge in [0.25, 0.3) is 0 Å². The molecule has 2 nitrogen and oxygen atoms in total. The Morgan fingerprint density at radius 1 is 1.27 bits per heavy atom. The van der Waals surface area contributed by atoms with Gasteiger partial charge >= 0.3 is 0 Å². The minimum Gasteiger partial charge on any atom is -0.271 e. The summed E-state index contributed by atoms with van der Waals surface area (Å²) in [5, 5.41) is 1.16. The Bertz CT molecular complexity index is 120. The van der Waals surface area contributed by atoms with Gasteiger partial charge in [0.15, 0.2) is 0 Å². The third-order valence-corrected chi connectivity index (χ3v) is 3.92. The van der Waals surface area contributed by atoms with Crippen LogP contribution in [0.4, 0.5) is 0 Å². The quantitative estimate of drug-likeness (QED) is 0.451. The molecule has 0 amide bonds. The molecule has 0 saturated heterocycles. The summed E-state index contributed by atoms with van der Waals surface area (Å²) in [6.07, 6.45) is 3.84. The van der Waals surface area contributed by atoms with E-state index >= 15 is 0 Å². The van der Waals surface area contributed by atoms with Crippen molar-refractivity contribution >= 4 is 40.7 Å². The topological polar surface area (TPSA) is 38.0 Å². The summed E-state index contributed by atoms with van der Waals surface area (Å²) in [7, 11) is 0. The first-order valence-corrected chi connectivity index (χ1v) is 4.40. The zero-order valence-electron chi connectivity index (χ0n) is 6.10. The summed E-state index contributed by atoms with van der Waals surface area (Å²) >= 11 is 3.50. The van der Waals surface area contributed by atoms with Crippen LogP contribution in [0.5, 0.6) is 0 Å². The lowest BCUT2D eigenvalue weighted by atomic mass is 9.40. The maximum atomic E-state index is 5.35. The monoisotopic (exact) mass is 262 g/mol. The fourth-order valence-electron chi connectivity index (χ4n) is 2.29. The van der Waals surface area contributed by atoms with Gasteiger partial charge < -0.3 is 0 Å². The van der Waals surface area contributed by atoms with Gasteiger partial charge in [-0.05, 0) is 24.7 Å². The number of alkyl halides is 1. The highest BCUT2D eigenvalue weighted by Gasteiger charge is 2.66. The van der Waals surface area contributed by atoms with Gasteiger partial charge in [-0.3, -0.25) is 11.3 Å². The highest BCUT2D eigenvalue weighted by atomic mass is 79.9. The lowest BCUT2D eigenvalue weighted by molar-refractivity contribution is -0.135. The van der Waals surface area contributed by atoms with Gasteiger partial charge in [-0.25, -0.2) is 0 Å². The lowest BCUT2D eigenvalue weighted by Crippen LogP contribution is -2.75. The fraction of sp³-hybridized carbons (Fsp3) is 1.00. The Hall–Kier alpha value is 0.980. The first-order chi connectivity index (χ1) is 4.24. The van der Waals surface area contributed by atoms with E-state index in [-0.39, 0.29) is 24.8 Å². The molecule has 3 aliphatic carbocycles. The molecule has 2 bridgehead atoms. The fourth-order valence-corrected chi connectivity index (χ4v) is 2.89. The number of nitrogens with two attached hydrogens (primary N) is 1. The molecule has 0 aromatic rings. The van der Waals surface area contributed by atoms with E-state index in [2.05, 4.69) is 21.4 Å². The molecule has 5 heteroatoms. The number of halogens is 3. The van der Waals surface area contributed by atoms with Crippen LogP contribution in [0.1, 0.15) is 19.3 Å². The lowest BCUT2D eigenvalue weighted by Gasteiger charge is -2.70. The van der Waals surface area contributed by atoms with Crippen LogP contribution in [-0.2, 0) is 0 Å².